The minimum absolute atomic E-state index is 0. The lowest BCUT2D eigenvalue weighted by Gasteiger charge is -2.30. The summed E-state index contributed by atoms with van der Waals surface area (Å²) in [6.07, 6.45) is 6.61. The van der Waals surface area contributed by atoms with Crippen molar-refractivity contribution in [3.63, 3.8) is 0 Å². The Hall–Kier alpha value is -1.32. The van der Waals surface area contributed by atoms with Gasteiger partial charge in [-0.05, 0) is 38.2 Å². The van der Waals surface area contributed by atoms with Crippen LogP contribution in [0.25, 0.3) is 0 Å². The number of rotatable bonds is 5. The normalized spacial score (nSPS) is 23.8. The van der Waals surface area contributed by atoms with E-state index in [0.717, 1.165) is 32.1 Å². The number of carbonyl (C=O) groups excluding carboxylic acids is 2. The minimum atomic E-state index is -0.129. The van der Waals surface area contributed by atoms with Crippen molar-refractivity contribution in [2.75, 3.05) is 0 Å². The molecule has 4 heteroatoms. The van der Waals surface area contributed by atoms with Gasteiger partial charge in [-0.15, -0.1) is 0 Å². The number of hydrogen-bond donors (Lipinski definition) is 2. The second-order valence-electron chi connectivity index (χ2n) is 4.59. The van der Waals surface area contributed by atoms with Crippen LogP contribution in [0.1, 0.15) is 48.3 Å². The van der Waals surface area contributed by atoms with Gasteiger partial charge in [-0.1, -0.05) is 13.5 Å². The zero-order valence-electron chi connectivity index (χ0n) is 10.5. The Balaban J connectivity index is 0. The maximum Gasteiger partial charge on any atom is 0.243 e. The molecule has 1 aliphatic carbocycles. The van der Waals surface area contributed by atoms with E-state index in [4.69, 9.17) is 0 Å². The van der Waals surface area contributed by atoms with E-state index in [0.29, 0.717) is 6.42 Å². The van der Waals surface area contributed by atoms with Crippen molar-refractivity contribution in [1.82, 2.24) is 10.6 Å². The quantitative estimate of drug-likeness (QED) is 0.725. The molecule has 1 rings (SSSR count). The van der Waals surface area contributed by atoms with Gasteiger partial charge in [0.1, 0.15) is 0 Å². The molecular weight excluding hydrogens is 216 g/mol. The molecule has 1 fully saturated rings. The molecule has 0 radical (unpaired) electrons. The fourth-order valence-electron chi connectivity index (χ4n) is 2.24. The van der Waals surface area contributed by atoms with E-state index < -0.39 is 0 Å². The molecule has 2 amide bonds. The van der Waals surface area contributed by atoms with Gasteiger partial charge >= 0.3 is 0 Å². The van der Waals surface area contributed by atoms with Crippen LogP contribution in [0.15, 0.2) is 12.7 Å². The monoisotopic (exact) mass is 242 g/mol. The third-order valence-corrected chi connectivity index (χ3v) is 3.05. The smallest absolute Gasteiger partial charge is 0.243 e. The van der Waals surface area contributed by atoms with Gasteiger partial charge in [0.05, 0.1) is 0 Å². The first kappa shape index (κ1) is 13.7. The molecule has 0 aromatic rings. The molecule has 0 aromatic carbocycles. The fraction of sp³-hybridized carbons (Fsp3) is 0.692. The summed E-state index contributed by atoms with van der Waals surface area (Å²) in [7, 11) is 0. The Morgan fingerprint density at radius 2 is 2.00 bits per heavy atom. The SMILES string of the molecule is C=CC(=O)NC1CCCC(NC(=O)CCC)C1.[HH].[HH]. The summed E-state index contributed by atoms with van der Waals surface area (Å²) < 4.78 is 0. The highest BCUT2D eigenvalue weighted by molar-refractivity contribution is 5.87. The van der Waals surface area contributed by atoms with Crippen LogP contribution in [0.5, 0.6) is 0 Å². The standard InChI is InChI=1S/C13H22N2O2.2H2/c1-3-6-13(17)15-11-8-5-7-10(9-11)14-12(16)4-2;;/h4,10-11H,2-3,5-9H2,1H3,(H,14,16)(H,15,17);2*1H. The Kier molecular flexibility index (Phi) is 5.73. The predicted molar refractivity (Wildman–Crippen MR) is 71.7 cm³/mol. The van der Waals surface area contributed by atoms with E-state index in [1.807, 2.05) is 6.92 Å². The fourth-order valence-corrected chi connectivity index (χ4v) is 2.24. The molecule has 1 saturated carbocycles. The number of nitrogens with one attached hydrogen (secondary N) is 2. The molecule has 100 valence electrons. The van der Waals surface area contributed by atoms with Crippen molar-refractivity contribution in [2.24, 2.45) is 0 Å². The van der Waals surface area contributed by atoms with E-state index in [-0.39, 0.29) is 26.8 Å². The van der Waals surface area contributed by atoms with Gasteiger partial charge in [-0.25, -0.2) is 0 Å². The maximum atomic E-state index is 11.5. The second-order valence-corrected chi connectivity index (χ2v) is 4.59. The van der Waals surface area contributed by atoms with Gasteiger partial charge in [-0.3, -0.25) is 9.59 Å². The molecule has 2 N–H and O–H groups in total. The first-order valence-electron chi connectivity index (χ1n) is 6.38. The molecule has 2 unspecified atom stereocenters. The first-order chi connectivity index (χ1) is 8.15. The average Bonchev–Trinajstić information content (AvgIpc) is 2.29. The molecule has 1 aliphatic rings. The highest BCUT2D eigenvalue weighted by Gasteiger charge is 2.23. The maximum absolute atomic E-state index is 11.5. The molecule has 0 aromatic heterocycles. The molecule has 4 nitrogen and oxygen atoms in total. The summed E-state index contributed by atoms with van der Waals surface area (Å²) in [4.78, 5) is 22.7. The van der Waals surface area contributed by atoms with Crippen LogP contribution in [-0.4, -0.2) is 23.9 Å². The van der Waals surface area contributed by atoms with Crippen LogP contribution < -0.4 is 10.6 Å². The highest BCUT2D eigenvalue weighted by Crippen LogP contribution is 2.18. The predicted octanol–water partition coefficient (Wildman–Crippen LogP) is 2.01. The third-order valence-electron chi connectivity index (χ3n) is 3.05. The molecule has 0 aliphatic heterocycles. The Morgan fingerprint density at radius 3 is 2.59 bits per heavy atom. The molecule has 0 bridgehead atoms. The molecule has 0 saturated heterocycles. The van der Waals surface area contributed by atoms with Gasteiger partial charge in [0.15, 0.2) is 0 Å². The zero-order chi connectivity index (χ0) is 12.7. The average molecular weight is 242 g/mol. The summed E-state index contributed by atoms with van der Waals surface area (Å²) in [5.41, 5.74) is 0. The Labute approximate surface area is 106 Å². The van der Waals surface area contributed by atoms with Crippen LogP contribution in [0.3, 0.4) is 0 Å². The van der Waals surface area contributed by atoms with Crippen molar-refractivity contribution in [3.05, 3.63) is 12.7 Å². The molecule has 17 heavy (non-hydrogen) atoms. The number of carbonyl (C=O) groups is 2. The molecule has 0 spiro atoms. The lowest BCUT2D eigenvalue weighted by atomic mass is 9.91. The van der Waals surface area contributed by atoms with Gasteiger partial charge < -0.3 is 10.6 Å². The van der Waals surface area contributed by atoms with Gasteiger partial charge in [-0.2, -0.15) is 0 Å². The van der Waals surface area contributed by atoms with Gasteiger partial charge in [0, 0.05) is 21.4 Å². The Bertz CT molecular complexity index is 298. The Morgan fingerprint density at radius 1 is 1.35 bits per heavy atom. The summed E-state index contributed by atoms with van der Waals surface area (Å²) >= 11 is 0. The van der Waals surface area contributed by atoms with Crippen LogP contribution in [0, 0.1) is 0 Å². The summed E-state index contributed by atoms with van der Waals surface area (Å²) in [5, 5.41) is 5.92. The molecular formula is C13H26N2O2. The van der Waals surface area contributed by atoms with Crippen molar-refractivity contribution < 1.29 is 12.4 Å². The van der Waals surface area contributed by atoms with Crippen LogP contribution in [0.2, 0.25) is 0 Å². The van der Waals surface area contributed by atoms with Crippen LogP contribution in [0.4, 0.5) is 0 Å². The van der Waals surface area contributed by atoms with Crippen molar-refractivity contribution in [3.8, 4) is 0 Å². The summed E-state index contributed by atoms with van der Waals surface area (Å²) in [5.74, 6) is -0.0104. The van der Waals surface area contributed by atoms with E-state index >= 15 is 0 Å². The topological polar surface area (TPSA) is 58.2 Å². The molecule has 2 atom stereocenters. The van der Waals surface area contributed by atoms with Crippen molar-refractivity contribution in [1.29, 1.82) is 0 Å². The summed E-state index contributed by atoms with van der Waals surface area (Å²) in [6, 6.07) is 0.374. The van der Waals surface area contributed by atoms with Crippen LogP contribution >= 0.6 is 0 Å². The second kappa shape index (κ2) is 7.09. The van der Waals surface area contributed by atoms with E-state index in [9.17, 15) is 9.59 Å². The number of hydrogen-bond acceptors (Lipinski definition) is 2. The first-order valence-corrected chi connectivity index (χ1v) is 6.38. The minimum Gasteiger partial charge on any atom is -0.353 e. The van der Waals surface area contributed by atoms with Crippen LogP contribution in [-0.2, 0) is 9.59 Å². The third kappa shape index (κ3) is 5.02. The zero-order valence-corrected chi connectivity index (χ0v) is 10.5. The summed E-state index contributed by atoms with van der Waals surface area (Å²) in [6.45, 7) is 5.43. The van der Waals surface area contributed by atoms with Gasteiger partial charge in [0.25, 0.3) is 0 Å². The van der Waals surface area contributed by atoms with E-state index in [1.54, 1.807) is 0 Å². The lowest BCUT2D eigenvalue weighted by Crippen LogP contribution is -2.45. The van der Waals surface area contributed by atoms with E-state index in [1.165, 1.54) is 6.08 Å². The number of amides is 2. The molecule has 0 heterocycles. The van der Waals surface area contributed by atoms with Crippen molar-refractivity contribution in [2.45, 2.75) is 57.5 Å². The van der Waals surface area contributed by atoms with E-state index in [2.05, 4.69) is 17.2 Å². The van der Waals surface area contributed by atoms with Crippen molar-refractivity contribution >= 4 is 11.8 Å². The van der Waals surface area contributed by atoms with Gasteiger partial charge in [0.2, 0.25) is 11.8 Å². The largest absolute Gasteiger partial charge is 0.353 e. The highest BCUT2D eigenvalue weighted by atomic mass is 16.2. The lowest BCUT2D eigenvalue weighted by molar-refractivity contribution is -0.122.